The molecule has 0 amide bonds. The largest absolute Gasteiger partial charge is 0.405 e. The summed E-state index contributed by atoms with van der Waals surface area (Å²) in [6, 6.07) is 6.82. The topological polar surface area (TPSA) is 29.3 Å². The van der Waals surface area contributed by atoms with Crippen LogP contribution >= 0.6 is 0 Å². The minimum absolute atomic E-state index is 0.0584. The van der Waals surface area contributed by atoms with E-state index in [0.717, 1.165) is 12.0 Å². The summed E-state index contributed by atoms with van der Waals surface area (Å²) in [5.41, 5.74) is 7.31. The van der Waals surface area contributed by atoms with Gasteiger partial charge in [-0.25, -0.2) is 0 Å². The number of anilines is 1. The van der Waals surface area contributed by atoms with Gasteiger partial charge in [0.1, 0.15) is 6.54 Å². The number of hydrogen-bond acceptors (Lipinski definition) is 2. The van der Waals surface area contributed by atoms with Gasteiger partial charge in [-0.2, -0.15) is 13.2 Å². The van der Waals surface area contributed by atoms with Gasteiger partial charge in [0.25, 0.3) is 0 Å². The maximum absolute atomic E-state index is 12.2. The van der Waals surface area contributed by atoms with Crippen LogP contribution in [0.3, 0.4) is 0 Å². The van der Waals surface area contributed by atoms with E-state index in [1.807, 2.05) is 6.92 Å². The molecule has 0 unspecified atom stereocenters. The van der Waals surface area contributed by atoms with Crippen LogP contribution in [0.5, 0.6) is 0 Å². The van der Waals surface area contributed by atoms with Crippen molar-refractivity contribution in [1.29, 1.82) is 0 Å². The third-order valence-corrected chi connectivity index (χ3v) is 2.62. The van der Waals surface area contributed by atoms with Gasteiger partial charge in [0.2, 0.25) is 0 Å². The molecule has 17 heavy (non-hydrogen) atoms. The highest BCUT2D eigenvalue weighted by atomic mass is 19.4. The molecule has 5 heteroatoms. The lowest BCUT2D eigenvalue weighted by Gasteiger charge is -2.21. The molecule has 0 aliphatic heterocycles. The molecule has 0 spiro atoms. The van der Waals surface area contributed by atoms with Crippen LogP contribution in [0.2, 0.25) is 0 Å². The first-order valence-corrected chi connectivity index (χ1v) is 5.47. The average Bonchev–Trinajstić information content (AvgIpc) is 2.26. The van der Waals surface area contributed by atoms with Crippen molar-refractivity contribution >= 4 is 5.69 Å². The number of alkyl halides is 3. The lowest BCUT2D eigenvalue weighted by atomic mass is 10.1. The summed E-state index contributed by atoms with van der Waals surface area (Å²) in [6.45, 7) is 1.01. The second-order valence-electron chi connectivity index (χ2n) is 4.08. The van der Waals surface area contributed by atoms with Gasteiger partial charge in [0, 0.05) is 18.8 Å². The van der Waals surface area contributed by atoms with Gasteiger partial charge in [-0.05, 0) is 24.1 Å². The molecule has 1 rings (SSSR count). The van der Waals surface area contributed by atoms with E-state index in [0.29, 0.717) is 5.69 Å². The highest BCUT2D eigenvalue weighted by Gasteiger charge is 2.29. The molecule has 1 atom stereocenters. The predicted octanol–water partition coefficient (Wildman–Crippen LogP) is 3.09. The van der Waals surface area contributed by atoms with Gasteiger partial charge in [-0.1, -0.05) is 19.1 Å². The van der Waals surface area contributed by atoms with Crippen LogP contribution in [0.1, 0.15) is 24.9 Å². The SMILES string of the molecule is CC[C@H](N)c1ccc(N(C)CC(F)(F)F)cc1. The van der Waals surface area contributed by atoms with Crippen molar-refractivity contribution in [1.82, 2.24) is 0 Å². The maximum atomic E-state index is 12.2. The Balaban J connectivity index is 2.74. The monoisotopic (exact) mass is 246 g/mol. The first-order valence-electron chi connectivity index (χ1n) is 5.47. The van der Waals surface area contributed by atoms with E-state index in [9.17, 15) is 13.2 Å². The maximum Gasteiger partial charge on any atom is 0.405 e. The van der Waals surface area contributed by atoms with E-state index in [1.54, 1.807) is 24.3 Å². The highest BCUT2D eigenvalue weighted by Crippen LogP contribution is 2.22. The third kappa shape index (κ3) is 4.26. The summed E-state index contributed by atoms with van der Waals surface area (Å²) in [4.78, 5) is 1.17. The fourth-order valence-electron chi connectivity index (χ4n) is 1.57. The fraction of sp³-hybridized carbons (Fsp3) is 0.500. The Morgan fingerprint density at radius 2 is 1.76 bits per heavy atom. The zero-order valence-corrected chi connectivity index (χ0v) is 9.96. The summed E-state index contributed by atoms with van der Waals surface area (Å²) in [6.07, 6.45) is -3.38. The summed E-state index contributed by atoms with van der Waals surface area (Å²) in [7, 11) is 1.42. The Hall–Kier alpha value is -1.23. The Morgan fingerprint density at radius 1 is 1.24 bits per heavy atom. The second-order valence-corrected chi connectivity index (χ2v) is 4.08. The van der Waals surface area contributed by atoms with Crippen molar-refractivity contribution in [3.63, 3.8) is 0 Å². The van der Waals surface area contributed by atoms with Gasteiger partial charge in [-0.15, -0.1) is 0 Å². The molecule has 2 nitrogen and oxygen atoms in total. The Bertz CT molecular complexity index is 346. The molecule has 0 saturated heterocycles. The Kier molecular flexibility index (Phi) is 4.40. The van der Waals surface area contributed by atoms with Crippen molar-refractivity contribution < 1.29 is 13.2 Å². The van der Waals surface area contributed by atoms with E-state index in [4.69, 9.17) is 5.73 Å². The number of nitrogens with zero attached hydrogens (tertiary/aromatic N) is 1. The van der Waals surface area contributed by atoms with Gasteiger partial charge < -0.3 is 10.6 Å². The zero-order valence-electron chi connectivity index (χ0n) is 9.96. The van der Waals surface area contributed by atoms with Crippen molar-refractivity contribution in [2.75, 3.05) is 18.5 Å². The number of rotatable bonds is 4. The number of benzene rings is 1. The van der Waals surface area contributed by atoms with Crippen LogP contribution < -0.4 is 10.6 Å². The van der Waals surface area contributed by atoms with Crippen molar-refractivity contribution in [3.05, 3.63) is 29.8 Å². The summed E-state index contributed by atoms with van der Waals surface area (Å²) < 4.78 is 36.6. The molecule has 0 bridgehead atoms. The molecule has 1 aromatic rings. The van der Waals surface area contributed by atoms with Crippen LogP contribution in [-0.2, 0) is 0 Å². The number of halogens is 3. The Labute approximate surface area is 99.2 Å². The molecule has 0 aromatic heterocycles. The van der Waals surface area contributed by atoms with Crippen LogP contribution in [0.15, 0.2) is 24.3 Å². The van der Waals surface area contributed by atoms with Gasteiger partial charge in [-0.3, -0.25) is 0 Å². The molecule has 0 fully saturated rings. The molecule has 0 aliphatic carbocycles. The average molecular weight is 246 g/mol. The van der Waals surface area contributed by atoms with Crippen molar-refractivity contribution in [3.8, 4) is 0 Å². The molecule has 0 radical (unpaired) electrons. The van der Waals surface area contributed by atoms with E-state index >= 15 is 0 Å². The lowest BCUT2D eigenvalue weighted by molar-refractivity contribution is -0.119. The molecule has 2 N–H and O–H groups in total. The molecule has 0 saturated carbocycles. The third-order valence-electron chi connectivity index (χ3n) is 2.62. The molecular formula is C12H17F3N2. The van der Waals surface area contributed by atoms with Gasteiger partial charge >= 0.3 is 6.18 Å². The molecular weight excluding hydrogens is 229 g/mol. The van der Waals surface area contributed by atoms with Crippen molar-refractivity contribution in [2.24, 2.45) is 5.73 Å². The van der Waals surface area contributed by atoms with Crippen LogP contribution in [-0.4, -0.2) is 19.8 Å². The molecule has 1 aromatic carbocycles. The quantitative estimate of drug-likeness (QED) is 0.884. The van der Waals surface area contributed by atoms with Gasteiger partial charge in [0.15, 0.2) is 0 Å². The van der Waals surface area contributed by atoms with Crippen molar-refractivity contribution in [2.45, 2.75) is 25.6 Å². The zero-order chi connectivity index (χ0) is 13.1. The van der Waals surface area contributed by atoms with E-state index < -0.39 is 12.7 Å². The van der Waals surface area contributed by atoms with E-state index in [1.165, 1.54) is 11.9 Å². The first kappa shape index (κ1) is 13.8. The number of nitrogens with two attached hydrogens (primary N) is 1. The fourth-order valence-corrected chi connectivity index (χ4v) is 1.57. The smallest absolute Gasteiger partial charge is 0.366 e. The molecule has 0 heterocycles. The van der Waals surface area contributed by atoms with Crippen LogP contribution in [0.4, 0.5) is 18.9 Å². The number of hydrogen-bond donors (Lipinski definition) is 1. The van der Waals surface area contributed by atoms with E-state index in [2.05, 4.69) is 0 Å². The first-order chi connectivity index (χ1) is 7.83. The Morgan fingerprint density at radius 3 is 2.18 bits per heavy atom. The highest BCUT2D eigenvalue weighted by molar-refractivity contribution is 5.47. The second kappa shape index (κ2) is 5.40. The lowest BCUT2D eigenvalue weighted by Crippen LogP contribution is -2.30. The summed E-state index contributed by atoms with van der Waals surface area (Å²) in [5, 5.41) is 0. The minimum Gasteiger partial charge on any atom is -0.366 e. The standard InChI is InChI=1S/C12H17F3N2/c1-3-11(16)9-4-6-10(7-5-9)17(2)8-12(13,14)15/h4-7,11H,3,8,16H2,1-2H3/t11-/m0/s1. The summed E-state index contributed by atoms with van der Waals surface area (Å²) in [5.74, 6) is 0. The van der Waals surface area contributed by atoms with Crippen LogP contribution in [0, 0.1) is 0 Å². The molecule has 0 aliphatic rings. The summed E-state index contributed by atoms with van der Waals surface area (Å²) >= 11 is 0. The normalized spacial score (nSPS) is 13.5. The predicted molar refractivity (Wildman–Crippen MR) is 63.0 cm³/mol. The van der Waals surface area contributed by atoms with E-state index in [-0.39, 0.29) is 6.04 Å². The minimum atomic E-state index is -4.19. The molecule has 96 valence electrons. The van der Waals surface area contributed by atoms with Gasteiger partial charge in [0.05, 0.1) is 0 Å². The van der Waals surface area contributed by atoms with Crippen LogP contribution in [0.25, 0.3) is 0 Å².